The lowest BCUT2D eigenvalue weighted by Crippen LogP contribution is -2.02. The number of benzene rings is 2. The van der Waals surface area contributed by atoms with Gasteiger partial charge in [0.05, 0.1) is 0 Å². The Morgan fingerprint density at radius 1 is 1.25 bits per heavy atom. The summed E-state index contributed by atoms with van der Waals surface area (Å²) in [4.78, 5) is 10.9. The quantitative estimate of drug-likeness (QED) is 0.824. The second-order valence-corrected chi connectivity index (χ2v) is 5.27. The highest BCUT2D eigenvalue weighted by Gasteiger charge is 2.03. The predicted molar refractivity (Wildman–Crippen MR) is 83.2 cm³/mol. The van der Waals surface area contributed by atoms with E-state index in [0.717, 1.165) is 21.0 Å². The van der Waals surface area contributed by atoms with Crippen molar-refractivity contribution in [2.75, 3.05) is 6.61 Å². The highest BCUT2D eigenvalue weighted by atomic mass is 79.9. The van der Waals surface area contributed by atoms with Crippen LogP contribution < -0.4 is 4.74 Å². The number of carbonyl (C=O) groups is 1. The van der Waals surface area contributed by atoms with Gasteiger partial charge in [-0.15, -0.1) is 0 Å². The van der Waals surface area contributed by atoms with Gasteiger partial charge in [0.15, 0.2) is 0 Å². The molecule has 1 N–H and O–H groups in total. The van der Waals surface area contributed by atoms with E-state index in [-0.39, 0.29) is 6.61 Å². The van der Waals surface area contributed by atoms with Crippen LogP contribution >= 0.6 is 15.9 Å². The van der Waals surface area contributed by atoms with Gasteiger partial charge >= 0.3 is 5.97 Å². The molecule has 0 aliphatic carbocycles. The number of rotatable bonds is 5. The van der Waals surface area contributed by atoms with Gasteiger partial charge in [-0.3, -0.25) is 0 Å². The van der Waals surface area contributed by atoms with Crippen molar-refractivity contribution in [1.29, 1.82) is 0 Å². The van der Waals surface area contributed by atoms with E-state index in [1.54, 1.807) is 6.08 Å². The molecule has 0 heterocycles. The summed E-state index contributed by atoms with van der Waals surface area (Å²) in [6.45, 7) is 2.07. The maximum atomic E-state index is 10.9. The van der Waals surface area contributed by atoms with Gasteiger partial charge in [-0.05, 0) is 47.5 Å². The summed E-state index contributed by atoms with van der Waals surface area (Å²) < 4.78 is 6.61. The fourth-order valence-electron chi connectivity index (χ4n) is 1.91. The predicted octanol–water partition coefficient (Wildman–Crippen LogP) is 4.40. The Morgan fingerprint density at radius 3 is 2.65 bits per heavy atom. The van der Waals surface area contributed by atoms with Crippen molar-refractivity contribution in [3.63, 3.8) is 0 Å². The molecule has 0 unspecified atom stereocenters. The summed E-state index contributed by atoms with van der Waals surface area (Å²) in [5.74, 6) is -0.156. The second-order valence-electron chi connectivity index (χ2n) is 4.35. The van der Waals surface area contributed by atoms with E-state index in [0.29, 0.717) is 12.0 Å². The molecule has 0 bridgehead atoms. The molecule has 2 aromatic carbocycles. The average Bonchev–Trinajstić information content (AvgIpc) is 2.43. The van der Waals surface area contributed by atoms with Crippen molar-refractivity contribution >= 4 is 32.7 Å². The molecule has 0 aliphatic rings. The highest BCUT2D eigenvalue weighted by molar-refractivity contribution is 9.10. The van der Waals surface area contributed by atoms with Crippen molar-refractivity contribution in [3.05, 3.63) is 52.5 Å². The Morgan fingerprint density at radius 2 is 1.95 bits per heavy atom. The molecule has 4 heteroatoms. The van der Waals surface area contributed by atoms with Crippen molar-refractivity contribution in [2.24, 2.45) is 0 Å². The monoisotopic (exact) mass is 334 g/mol. The Bertz CT molecular complexity index is 662. The molecule has 104 valence electrons. The maximum Gasteiger partial charge on any atom is 0.331 e. The van der Waals surface area contributed by atoms with Gasteiger partial charge in [0.25, 0.3) is 0 Å². The fraction of sp³-hybridized carbons (Fsp3) is 0.188. The zero-order valence-corrected chi connectivity index (χ0v) is 12.7. The first-order chi connectivity index (χ1) is 9.60. The van der Waals surface area contributed by atoms with Crippen LogP contribution in [0.2, 0.25) is 0 Å². The minimum atomic E-state index is -0.889. The summed E-state index contributed by atoms with van der Waals surface area (Å²) in [6, 6.07) is 11.8. The summed E-state index contributed by atoms with van der Waals surface area (Å²) in [5.41, 5.74) is 0.370. The fourth-order valence-corrected chi connectivity index (χ4v) is 2.28. The van der Waals surface area contributed by atoms with Crippen molar-refractivity contribution in [1.82, 2.24) is 0 Å². The number of carboxylic acids is 1. The SMILES string of the molecule is CCC(=CCOc1ccc2cc(Br)ccc2c1)C(=O)O. The molecule has 0 spiro atoms. The molecule has 3 nitrogen and oxygen atoms in total. The third-order valence-corrected chi connectivity index (χ3v) is 3.50. The van der Waals surface area contributed by atoms with Crippen molar-refractivity contribution in [2.45, 2.75) is 13.3 Å². The van der Waals surface area contributed by atoms with Gasteiger partial charge in [-0.1, -0.05) is 35.0 Å². The molecule has 0 saturated heterocycles. The molecule has 2 rings (SSSR count). The molecular weight excluding hydrogens is 320 g/mol. The Balaban J connectivity index is 2.11. The minimum absolute atomic E-state index is 0.261. The van der Waals surface area contributed by atoms with Crippen LogP contribution in [0.15, 0.2) is 52.5 Å². The summed E-state index contributed by atoms with van der Waals surface area (Å²) in [6.07, 6.45) is 2.10. The molecule has 0 amide bonds. The Labute approximate surface area is 126 Å². The van der Waals surface area contributed by atoms with Gasteiger partial charge in [0.1, 0.15) is 12.4 Å². The number of hydrogen-bond acceptors (Lipinski definition) is 2. The zero-order chi connectivity index (χ0) is 14.5. The normalized spacial score (nSPS) is 11.6. The van der Waals surface area contributed by atoms with Gasteiger partial charge in [-0.25, -0.2) is 4.79 Å². The summed E-state index contributed by atoms with van der Waals surface area (Å²) in [5, 5.41) is 11.1. The first-order valence-electron chi connectivity index (χ1n) is 6.34. The third kappa shape index (κ3) is 3.61. The number of carboxylic acid groups (broad SMARTS) is 1. The van der Waals surface area contributed by atoms with E-state index in [2.05, 4.69) is 15.9 Å². The number of aliphatic carboxylic acids is 1. The largest absolute Gasteiger partial charge is 0.489 e. The zero-order valence-electron chi connectivity index (χ0n) is 11.1. The van der Waals surface area contributed by atoms with Crippen LogP contribution in [0.25, 0.3) is 10.8 Å². The van der Waals surface area contributed by atoms with Crippen LogP contribution in [-0.2, 0) is 4.79 Å². The van der Waals surface area contributed by atoms with E-state index in [1.807, 2.05) is 43.3 Å². The Hall–Kier alpha value is -1.81. The van der Waals surface area contributed by atoms with E-state index in [9.17, 15) is 4.79 Å². The second kappa shape index (κ2) is 6.57. The maximum absolute atomic E-state index is 10.9. The van der Waals surface area contributed by atoms with Gasteiger partial charge in [0.2, 0.25) is 0 Å². The molecule has 0 atom stereocenters. The van der Waals surface area contributed by atoms with E-state index in [1.165, 1.54) is 0 Å². The molecule has 0 fully saturated rings. The first-order valence-corrected chi connectivity index (χ1v) is 7.14. The van der Waals surface area contributed by atoms with Crippen LogP contribution in [0.4, 0.5) is 0 Å². The minimum Gasteiger partial charge on any atom is -0.489 e. The molecule has 2 aromatic rings. The first kappa shape index (κ1) is 14.6. The van der Waals surface area contributed by atoms with E-state index < -0.39 is 5.97 Å². The molecule has 0 radical (unpaired) electrons. The van der Waals surface area contributed by atoms with Crippen molar-refractivity contribution < 1.29 is 14.6 Å². The van der Waals surface area contributed by atoms with Gasteiger partial charge in [0, 0.05) is 10.0 Å². The number of halogens is 1. The number of hydrogen-bond donors (Lipinski definition) is 1. The lowest BCUT2D eigenvalue weighted by atomic mass is 10.1. The molecule has 0 saturated carbocycles. The molecular formula is C16H15BrO3. The number of fused-ring (bicyclic) bond motifs is 1. The van der Waals surface area contributed by atoms with E-state index in [4.69, 9.17) is 9.84 Å². The van der Waals surface area contributed by atoms with Crippen LogP contribution in [0.3, 0.4) is 0 Å². The smallest absolute Gasteiger partial charge is 0.331 e. The summed E-state index contributed by atoms with van der Waals surface area (Å²) >= 11 is 3.44. The van der Waals surface area contributed by atoms with Gasteiger partial charge < -0.3 is 9.84 Å². The molecule has 20 heavy (non-hydrogen) atoms. The Kier molecular flexibility index (Phi) is 4.79. The lowest BCUT2D eigenvalue weighted by Gasteiger charge is -2.06. The van der Waals surface area contributed by atoms with Crippen LogP contribution in [-0.4, -0.2) is 17.7 Å². The van der Waals surface area contributed by atoms with Gasteiger partial charge in [-0.2, -0.15) is 0 Å². The number of ether oxygens (including phenoxy) is 1. The van der Waals surface area contributed by atoms with Crippen molar-refractivity contribution in [3.8, 4) is 5.75 Å². The van der Waals surface area contributed by atoms with Crippen LogP contribution in [0.1, 0.15) is 13.3 Å². The van der Waals surface area contributed by atoms with E-state index >= 15 is 0 Å². The molecule has 0 aliphatic heterocycles. The molecule has 0 aromatic heterocycles. The summed E-state index contributed by atoms with van der Waals surface area (Å²) in [7, 11) is 0. The lowest BCUT2D eigenvalue weighted by molar-refractivity contribution is -0.132. The van der Waals surface area contributed by atoms with Crippen LogP contribution in [0, 0.1) is 0 Å². The third-order valence-electron chi connectivity index (χ3n) is 3.01. The van der Waals surface area contributed by atoms with Crippen LogP contribution in [0.5, 0.6) is 5.75 Å². The topological polar surface area (TPSA) is 46.5 Å². The average molecular weight is 335 g/mol. The standard InChI is InChI=1S/C16H15BrO3/c1-2-11(16(18)19)7-8-20-15-6-4-12-9-14(17)5-3-13(12)10-15/h3-7,9-10H,2,8H2,1H3,(H,18,19). The highest BCUT2D eigenvalue weighted by Crippen LogP contribution is 2.24.